The fourth-order valence-corrected chi connectivity index (χ4v) is 2.37. The first-order chi connectivity index (χ1) is 10.0. The van der Waals surface area contributed by atoms with Gasteiger partial charge in [0.1, 0.15) is 5.82 Å². The first kappa shape index (κ1) is 15.2. The third kappa shape index (κ3) is 3.46. The van der Waals surface area contributed by atoms with Crippen molar-refractivity contribution in [2.45, 2.75) is 6.04 Å². The summed E-state index contributed by atoms with van der Waals surface area (Å²) in [4.78, 5) is 23.4. The summed E-state index contributed by atoms with van der Waals surface area (Å²) in [6, 6.07) is 11.1. The number of benzene rings is 2. The summed E-state index contributed by atoms with van der Waals surface area (Å²) in [5.41, 5.74) is 0.186. The third-order valence-electron chi connectivity index (χ3n) is 2.85. The molecule has 1 amide bonds. The van der Waals surface area contributed by atoms with Gasteiger partial charge in [0.2, 0.25) is 0 Å². The molecule has 1 unspecified atom stereocenters. The maximum atomic E-state index is 13.7. The fraction of sp³-hybridized carbons (Fsp3) is 0.0667. The number of rotatable bonds is 4. The third-order valence-corrected chi connectivity index (χ3v) is 3.51. The number of nitrogens with one attached hydrogen (secondary N) is 1. The SMILES string of the molecule is O=C(NC(C(=O)O)c1ccccc1)c1c(F)cccc1Br. The zero-order chi connectivity index (χ0) is 15.4. The summed E-state index contributed by atoms with van der Waals surface area (Å²) < 4.78 is 14.0. The molecule has 2 N–H and O–H groups in total. The summed E-state index contributed by atoms with van der Waals surface area (Å²) in [5, 5.41) is 11.6. The minimum absolute atomic E-state index is 0.223. The molecule has 4 nitrogen and oxygen atoms in total. The Morgan fingerprint density at radius 1 is 1.10 bits per heavy atom. The number of hydrogen-bond donors (Lipinski definition) is 2. The van der Waals surface area contributed by atoms with Gasteiger partial charge >= 0.3 is 5.97 Å². The minimum atomic E-state index is -1.25. The Bertz CT molecular complexity index is 656. The molecule has 6 heteroatoms. The van der Waals surface area contributed by atoms with E-state index < -0.39 is 23.7 Å². The van der Waals surface area contributed by atoms with Crippen molar-refractivity contribution < 1.29 is 19.1 Å². The van der Waals surface area contributed by atoms with Crippen LogP contribution in [0.1, 0.15) is 22.0 Å². The average molecular weight is 352 g/mol. The molecule has 0 spiro atoms. The molecule has 0 fully saturated rings. The second kappa shape index (κ2) is 6.49. The van der Waals surface area contributed by atoms with Crippen molar-refractivity contribution in [2.24, 2.45) is 0 Å². The van der Waals surface area contributed by atoms with Crippen molar-refractivity contribution in [3.63, 3.8) is 0 Å². The normalized spacial score (nSPS) is 11.7. The zero-order valence-corrected chi connectivity index (χ0v) is 12.3. The Labute approximate surface area is 128 Å². The van der Waals surface area contributed by atoms with Crippen LogP contribution in [0.2, 0.25) is 0 Å². The lowest BCUT2D eigenvalue weighted by Crippen LogP contribution is -2.34. The van der Waals surface area contributed by atoms with Gasteiger partial charge in [-0.3, -0.25) is 4.79 Å². The van der Waals surface area contributed by atoms with Gasteiger partial charge in [-0.05, 0) is 33.6 Å². The summed E-state index contributed by atoms with van der Waals surface area (Å²) in [6.07, 6.45) is 0. The Hall–Kier alpha value is -2.21. The number of carboxylic acid groups (broad SMARTS) is 1. The van der Waals surface area contributed by atoms with Crippen molar-refractivity contribution in [1.29, 1.82) is 0 Å². The van der Waals surface area contributed by atoms with Gasteiger partial charge in [-0.1, -0.05) is 36.4 Å². The molecule has 2 rings (SSSR count). The van der Waals surface area contributed by atoms with E-state index in [2.05, 4.69) is 21.2 Å². The zero-order valence-electron chi connectivity index (χ0n) is 10.7. The molecule has 0 aromatic heterocycles. The monoisotopic (exact) mass is 351 g/mol. The number of hydrogen-bond acceptors (Lipinski definition) is 2. The fourth-order valence-electron chi connectivity index (χ4n) is 1.85. The molecule has 0 saturated carbocycles. The number of carbonyl (C=O) groups excluding carboxylic acids is 1. The molecule has 2 aromatic rings. The van der Waals surface area contributed by atoms with Crippen LogP contribution in [0.4, 0.5) is 4.39 Å². The number of aliphatic carboxylic acids is 1. The molecule has 0 aliphatic carbocycles. The smallest absolute Gasteiger partial charge is 0.330 e. The lowest BCUT2D eigenvalue weighted by Gasteiger charge is -2.15. The first-order valence-electron chi connectivity index (χ1n) is 6.03. The van der Waals surface area contributed by atoms with Crippen LogP contribution in [0.25, 0.3) is 0 Å². The van der Waals surface area contributed by atoms with Crippen LogP contribution in [0, 0.1) is 5.82 Å². The average Bonchev–Trinajstić information content (AvgIpc) is 2.45. The van der Waals surface area contributed by atoms with Crippen LogP contribution < -0.4 is 5.32 Å². The van der Waals surface area contributed by atoms with Gasteiger partial charge < -0.3 is 10.4 Å². The van der Waals surface area contributed by atoms with Crippen LogP contribution in [-0.4, -0.2) is 17.0 Å². The Morgan fingerprint density at radius 2 is 1.76 bits per heavy atom. The van der Waals surface area contributed by atoms with E-state index in [1.54, 1.807) is 30.3 Å². The summed E-state index contributed by atoms with van der Waals surface area (Å²) >= 11 is 3.08. The van der Waals surface area contributed by atoms with Crippen molar-refractivity contribution in [3.8, 4) is 0 Å². The van der Waals surface area contributed by atoms with Gasteiger partial charge in [0.05, 0.1) is 5.56 Å². The Balaban J connectivity index is 2.30. The lowest BCUT2D eigenvalue weighted by atomic mass is 10.1. The van der Waals surface area contributed by atoms with E-state index in [0.717, 1.165) is 6.07 Å². The van der Waals surface area contributed by atoms with E-state index in [1.165, 1.54) is 12.1 Å². The molecule has 0 aliphatic heterocycles. The van der Waals surface area contributed by atoms with Crippen molar-refractivity contribution in [1.82, 2.24) is 5.32 Å². The van der Waals surface area contributed by atoms with Gasteiger partial charge in [-0.25, -0.2) is 9.18 Å². The Morgan fingerprint density at radius 3 is 2.33 bits per heavy atom. The van der Waals surface area contributed by atoms with Crippen LogP contribution >= 0.6 is 15.9 Å². The first-order valence-corrected chi connectivity index (χ1v) is 6.82. The molecule has 108 valence electrons. The predicted molar refractivity (Wildman–Crippen MR) is 78.4 cm³/mol. The molecule has 21 heavy (non-hydrogen) atoms. The highest BCUT2D eigenvalue weighted by atomic mass is 79.9. The highest BCUT2D eigenvalue weighted by Crippen LogP contribution is 2.21. The van der Waals surface area contributed by atoms with Crippen molar-refractivity contribution >= 4 is 27.8 Å². The molecule has 1 atom stereocenters. The molecule has 0 bridgehead atoms. The molecule has 0 aliphatic rings. The number of amides is 1. The maximum absolute atomic E-state index is 13.7. The standard InChI is InChI=1S/C15H11BrFNO3/c16-10-7-4-8-11(17)12(10)14(19)18-13(15(20)21)9-5-2-1-3-6-9/h1-8,13H,(H,18,19)(H,20,21). The van der Waals surface area contributed by atoms with Gasteiger partial charge in [-0.2, -0.15) is 0 Å². The summed E-state index contributed by atoms with van der Waals surface area (Å²) in [7, 11) is 0. The second-order valence-corrected chi connectivity index (χ2v) is 5.11. The van der Waals surface area contributed by atoms with Crippen LogP contribution in [-0.2, 0) is 4.79 Å². The maximum Gasteiger partial charge on any atom is 0.330 e. The Kier molecular flexibility index (Phi) is 4.70. The molecular weight excluding hydrogens is 341 g/mol. The van der Waals surface area contributed by atoms with Crippen LogP contribution in [0.5, 0.6) is 0 Å². The van der Waals surface area contributed by atoms with Gasteiger partial charge in [0.15, 0.2) is 6.04 Å². The number of carboxylic acids is 1. The lowest BCUT2D eigenvalue weighted by molar-refractivity contribution is -0.139. The van der Waals surface area contributed by atoms with Crippen LogP contribution in [0.3, 0.4) is 0 Å². The predicted octanol–water partition coefficient (Wildman–Crippen LogP) is 3.14. The largest absolute Gasteiger partial charge is 0.479 e. The van der Waals surface area contributed by atoms with Crippen molar-refractivity contribution in [2.75, 3.05) is 0 Å². The van der Waals surface area contributed by atoms with Gasteiger partial charge in [0.25, 0.3) is 5.91 Å². The van der Waals surface area contributed by atoms with E-state index in [1.807, 2.05) is 0 Å². The van der Waals surface area contributed by atoms with E-state index in [0.29, 0.717) is 5.56 Å². The molecular formula is C15H11BrFNO3. The van der Waals surface area contributed by atoms with E-state index in [4.69, 9.17) is 0 Å². The topological polar surface area (TPSA) is 66.4 Å². The van der Waals surface area contributed by atoms with Crippen molar-refractivity contribution in [3.05, 3.63) is 69.9 Å². The highest BCUT2D eigenvalue weighted by molar-refractivity contribution is 9.10. The van der Waals surface area contributed by atoms with E-state index in [-0.39, 0.29) is 10.0 Å². The highest BCUT2D eigenvalue weighted by Gasteiger charge is 2.24. The summed E-state index contributed by atoms with van der Waals surface area (Å²) in [6.45, 7) is 0. The minimum Gasteiger partial charge on any atom is -0.479 e. The molecule has 0 radical (unpaired) electrons. The quantitative estimate of drug-likeness (QED) is 0.889. The number of carbonyl (C=O) groups is 2. The van der Waals surface area contributed by atoms with Gasteiger partial charge in [0, 0.05) is 4.47 Å². The second-order valence-electron chi connectivity index (χ2n) is 4.25. The molecule has 0 heterocycles. The van der Waals surface area contributed by atoms with E-state index >= 15 is 0 Å². The molecule has 2 aromatic carbocycles. The van der Waals surface area contributed by atoms with Gasteiger partial charge in [-0.15, -0.1) is 0 Å². The summed E-state index contributed by atoms with van der Waals surface area (Å²) in [5.74, 6) is -2.74. The van der Waals surface area contributed by atoms with E-state index in [9.17, 15) is 19.1 Å². The molecule has 0 saturated heterocycles. The van der Waals surface area contributed by atoms with Crippen LogP contribution in [0.15, 0.2) is 53.0 Å². The number of halogens is 2.